The Hall–Kier alpha value is 0.313. The minimum absolute atomic E-state index is 0. The summed E-state index contributed by atoms with van der Waals surface area (Å²) in [6.07, 6.45) is 0. The Morgan fingerprint density at radius 3 is 1.88 bits per heavy atom. The summed E-state index contributed by atoms with van der Waals surface area (Å²) in [6, 6.07) is 4.10. The zero-order valence-electron chi connectivity index (χ0n) is 10.9. The van der Waals surface area contributed by atoms with Crippen molar-refractivity contribution in [1.82, 2.24) is 0 Å². The van der Waals surface area contributed by atoms with Gasteiger partial charge in [-0.25, -0.2) is 0 Å². The molecule has 0 aliphatic heterocycles. The van der Waals surface area contributed by atoms with Crippen LogP contribution in [0, 0.1) is 13.8 Å². The predicted molar refractivity (Wildman–Crippen MR) is 64.0 cm³/mol. The van der Waals surface area contributed by atoms with Gasteiger partial charge in [-0.1, -0.05) is 6.07 Å². The Kier molecular flexibility index (Phi) is 17.4. The van der Waals surface area contributed by atoms with Gasteiger partial charge in [0.15, 0.2) is 0 Å². The van der Waals surface area contributed by atoms with E-state index in [1.165, 1.54) is 16.8 Å². The molecule has 0 saturated heterocycles. The van der Waals surface area contributed by atoms with E-state index in [1.54, 1.807) is 7.11 Å². The molecule has 0 aromatic heterocycles. The summed E-state index contributed by atoms with van der Waals surface area (Å²) >= 11 is 0. The van der Waals surface area contributed by atoms with E-state index < -0.39 is 0 Å². The molecule has 1 rings (SSSR count). The van der Waals surface area contributed by atoms with Crippen LogP contribution in [0.3, 0.4) is 0 Å². The molecule has 0 radical (unpaired) electrons. The van der Waals surface area contributed by atoms with Crippen LogP contribution >= 0.6 is 12.4 Å². The number of rotatable bonds is 2. The molecular weight excluding hydrogens is 334 g/mol. The number of benzene rings is 1. The first-order chi connectivity index (χ1) is 6.07. The first-order valence-electron chi connectivity index (χ1n) is 4.39. The fourth-order valence-electron chi connectivity index (χ4n) is 1.73. The average Bonchev–Trinajstić information content (AvgIpc) is 2.04. The maximum absolute atomic E-state index is 5.26. The second kappa shape index (κ2) is 11.4. The van der Waals surface area contributed by atoms with Gasteiger partial charge in [0, 0.05) is 25.3 Å². The van der Waals surface area contributed by atoms with Gasteiger partial charge in [0.1, 0.15) is 5.75 Å². The Labute approximate surface area is 135 Å². The molecule has 0 bridgehead atoms. The molecule has 0 aliphatic rings. The second-order valence-corrected chi connectivity index (χ2v) is 3.45. The fourth-order valence-corrected chi connectivity index (χ4v) is 1.73. The van der Waals surface area contributed by atoms with E-state index in [0.29, 0.717) is 0 Å². The van der Waals surface area contributed by atoms with Gasteiger partial charge in [-0.05, 0) is 25.5 Å². The molecule has 0 atom stereocenters. The molecule has 0 aliphatic carbocycles. The number of aryl methyl sites for hydroxylation is 1. The Bertz CT molecular complexity index is 322. The number of ether oxygens (including phenoxy) is 1. The molecule has 0 heterocycles. The normalized spacial score (nSPS) is 7.59. The van der Waals surface area contributed by atoms with Crippen LogP contribution in [-0.2, 0) is 19.5 Å². The topological polar surface area (TPSA) is 12.5 Å². The minimum Gasteiger partial charge on any atom is -1.00 e. The number of halogens is 3. The molecule has 1 aromatic carbocycles. The summed E-state index contributed by atoms with van der Waals surface area (Å²) in [4.78, 5) is 2.12. The van der Waals surface area contributed by atoms with Crippen molar-refractivity contribution in [2.24, 2.45) is 0 Å². The number of anilines is 1. The third kappa shape index (κ3) is 6.15. The smallest absolute Gasteiger partial charge is 1.00 e. The minimum atomic E-state index is 0. The molecule has 0 fully saturated rings. The maximum atomic E-state index is 5.26. The van der Waals surface area contributed by atoms with Crippen LogP contribution in [0.1, 0.15) is 11.1 Å². The van der Waals surface area contributed by atoms with Gasteiger partial charge in [0.25, 0.3) is 0 Å². The largest absolute Gasteiger partial charge is 2.00 e. The van der Waals surface area contributed by atoms with E-state index in [2.05, 4.69) is 38.9 Å². The summed E-state index contributed by atoms with van der Waals surface area (Å²) < 4.78 is 5.26. The van der Waals surface area contributed by atoms with E-state index >= 15 is 0 Å². The zero-order chi connectivity index (χ0) is 10.0. The van der Waals surface area contributed by atoms with Gasteiger partial charge >= 0.3 is 19.5 Å². The van der Waals surface area contributed by atoms with Crippen molar-refractivity contribution < 1.29 is 49.0 Å². The first-order valence-corrected chi connectivity index (χ1v) is 4.39. The van der Waals surface area contributed by atoms with Crippen LogP contribution in [-0.4, -0.2) is 21.2 Å². The predicted octanol–water partition coefficient (Wildman–Crippen LogP) is -3.19. The van der Waals surface area contributed by atoms with Gasteiger partial charge in [0.05, 0.1) is 7.11 Å². The second-order valence-electron chi connectivity index (χ2n) is 3.45. The van der Waals surface area contributed by atoms with E-state index in [4.69, 9.17) is 4.74 Å². The number of hydrogen-bond acceptors (Lipinski definition) is 2. The quantitative estimate of drug-likeness (QED) is 0.521. The van der Waals surface area contributed by atoms with Crippen LogP contribution in [0.5, 0.6) is 5.75 Å². The molecule has 0 N–H and O–H groups in total. The van der Waals surface area contributed by atoms with Gasteiger partial charge in [-0.2, -0.15) is 0 Å². The number of methoxy groups -OCH3 is 1. The van der Waals surface area contributed by atoms with Gasteiger partial charge in [0.2, 0.25) is 0 Å². The zero-order valence-corrected chi connectivity index (χ0v) is 16.2. The molecule has 96 valence electrons. The summed E-state index contributed by atoms with van der Waals surface area (Å²) in [5, 5.41) is 0. The van der Waals surface area contributed by atoms with Crippen molar-refractivity contribution in [3.05, 3.63) is 23.3 Å². The Balaban J connectivity index is -0.000000211. The maximum Gasteiger partial charge on any atom is 2.00 e. The van der Waals surface area contributed by atoms with Crippen molar-refractivity contribution >= 4 is 18.1 Å². The molecular formula is C11H18Cl3NOZn. The number of nitrogens with zero attached hydrogens (tertiary/aromatic N) is 1. The van der Waals surface area contributed by atoms with E-state index in [1.807, 2.05) is 6.07 Å². The molecule has 0 saturated carbocycles. The van der Waals surface area contributed by atoms with Gasteiger partial charge in [-0.3, -0.25) is 0 Å². The summed E-state index contributed by atoms with van der Waals surface area (Å²) in [5.41, 5.74) is 3.73. The van der Waals surface area contributed by atoms with Crippen molar-refractivity contribution in [3.8, 4) is 5.75 Å². The third-order valence-corrected chi connectivity index (χ3v) is 2.25. The van der Waals surface area contributed by atoms with Crippen molar-refractivity contribution in [2.45, 2.75) is 13.8 Å². The molecule has 6 heteroatoms. The van der Waals surface area contributed by atoms with Gasteiger partial charge in [-0.15, -0.1) is 12.4 Å². The summed E-state index contributed by atoms with van der Waals surface area (Å²) in [7, 11) is 5.81. The summed E-state index contributed by atoms with van der Waals surface area (Å²) in [5.74, 6) is 0.953. The van der Waals surface area contributed by atoms with Crippen molar-refractivity contribution in [2.75, 3.05) is 26.1 Å². The van der Waals surface area contributed by atoms with Crippen LogP contribution in [0.25, 0.3) is 0 Å². The first kappa shape index (κ1) is 26.0. The molecule has 17 heavy (non-hydrogen) atoms. The molecule has 0 spiro atoms. The average molecular weight is 352 g/mol. The Morgan fingerprint density at radius 1 is 1.06 bits per heavy atom. The summed E-state index contributed by atoms with van der Waals surface area (Å²) in [6.45, 7) is 4.20. The van der Waals surface area contributed by atoms with Gasteiger partial charge < -0.3 is 34.5 Å². The molecule has 1 aromatic rings. The van der Waals surface area contributed by atoms with Crippen LogP contribution in [0.15, 0.2) is 12.1 Å². The number of hydrogen-bond donors (Lipinski definition) is 0. The van der Waals surface area contributed by atoms with Crippen molar-refractivity contribution in [3.63, 3.8) is 0 Å². The van der Waals surface area contributed by atoms with Crippen molar-refractivity contribution in [1.29, 1.82) is 0 Å². The fraction of sp³-hybridized carbons (Fsp3) is 0.455. The molecule has 2 nitrogen and oxygen atoms in total. The van der Waals surface area contributed by atoms with E-state index in [9.17, 15) is 0 Å². The molecule has 0 amide bonds. The van der Waals surface area contributed by atoms with E-state index in [0.717, 1.165) is 5.75 Å². The Morgan fingerprint density at radius 2 is 1.53 bits per heavy atom. The van der Waals surface area contributed by atoms with E-state index in [-0.39, 0.29) is 56.7 Å². The standard InChI is InChI=1S/C11H17NO.3ClH.Zn/c1-8-6-7-10(13-5)9(2)11(8)12(3)4;;;;/h6-7H,1-5H3;3*1H;/q;;;;+2/p-2. The van der Waals surface area contributed by atoms with Crippen LogP contribution < -0.4 is 34.5 Å². The van der Waals surface area contributed by atoms with Crippen LogP contribution in [0.4, 0.5) is 5.69 Å². The van der Waals surface area contributed by atoms with Crippen LogP contribution in [0.2, 0.25) is 0 Å². The SMILES string of the molecule is COc1ccc(C)c(N(C)C)c1C.Cl.[Cl-].[Cl-].[Zn+2]. The molecule has 0 unspecified atom stereocenters. The monoisotopic (exact) mass is 349 g/mol. The third-order valence-electron chi connectivity index (χ3n) is 2.25.